The van der Waals surface area contributed by atoms with E-state index in [4.69, 9.17) is 5.11 Å². The summed E-state index contributed by atoms with van der Waals surface area (Å²) in [5.41, 5.74) is 0. The lowest BCUT2D eigenvalue weighted by Crippen LogP contribution is -2.47. The smallest absolute Gasteiger partial charge is 0.154 e. The van der Waals surface area contributed by atoms with Gasteiger partial charge in [0, 0.05) is 18.7 Å². The fourth-order valence-electron chi connectivity index (χ4n) is 2.74. The SMILES string of the molecule is O=S1(=O)CC(O)C(NC2CCCC2CO)C1. The van der Waals surface area contributed by atoms with Gasteiger partial charge < -0.3 is 15.5 Å². The van der Waals surface area contributed by atoms with Gasteiger partial charge in [-0.1, -0.05) is 6.42 Å². The van der Waals surface area contributed by atoms with Crippen molar-refractivity contribution < 1.29 is 18.6 Å². The molecular weight excluding hydrogens is 230 g/mol. The van der Waals surface area contributed by atoms with Gasteiger partial charge in [-0.05, 0) is 18.8 Å². The van der Waals surface area contributed by atoms with Crippen LogP contribution in [-0.4, -0.2) is 54.9 Å². The van der Waals surface area contributed by atoms with Gasteiger partial charge >= 0.3 is 0 Å². The average Bonchev–Trinajstić information content (AvgIpc) is 2.71. The van der Waals surface area contributed by atoms with Crippen LogP contribution < -0.4 is 5.32 Å². The first kappa shape index (κ1) is 12.3. The maximum Gasteiger partial charge on any atom is 0.154 e. The van der Waals surface area contributed by atoms with Crippen LogP contribution in [0.2, 0.25) is 0 Å². The summed E-state index contributed by atoms with van der Waals surface area (Å²) in [4.78, 5) is 0. The Morgan fingerprint density at radius 2 is 1.94 bits per heavy atom. The van der Waals surface area contributed by atoms with Gasteiger partial charge in [-0.3, -0.25) is 0 Å². The van der Waals surface area contributed by atoms with Gasteiger partial charge in [-0.25, -0.2) is 8.42 Å². The Kier molecular flexibility index (Phi) is 3.53. The molecule has 1 heterocycles. The Morgan fingerprint density at radius 3 is 2.50 bits per heavy atom. The minimum atomic E-state index is -3.09. The van der Waals surface area contributed by atoms with Crippen molar-refractivity contribution in [1.82, 2.24) is 5.32 Å². The standard InChI is InChI=1S/C10H19NO4S/c12-4-7-2-1-3-8(7)11-9-5-16(14,15)6-10(9)13/h7-13H,1-6H2. The Morgan fingerprint density at radius 1 is 1.19 bits per heavy atom. The molecule has 0 aromatic heterocycles. The van der Waals surface area contributed by atoms with E-state index in [1.807, 2.05) is 0 Å². The molecule has 4 atom stereocenters. The Bertz CT molecular complexity index is 343. The molecule has 2 aliphatic rings. The second kappa shape index (κ2) is 4.60. The number of aliphatic hydroxyl groups is 2. The van der Waals surface area contributed by atoms with E-state index in [1.165, 1.54) is 0 Å². The maximum atomic E-state index is 11.3. The minimum Gasteiger partial charge on any atom is -0.396 e. The summed E-state index contributed by atoms with van der Waals surface area (Å²) in [7, 11) is -3.09. The van der Waals surface area contributed by atoms with Crippen LogP contribution in [0.4, 0.5) is 0 Å². The average molecular weight is 249 g/mol. The molecule has 1 saturated heterocycles. The van der Waals surface area contributed by atoms with Crippen LogP contribution in [0.3, 0.4) is 0 Å². The molecular formula is C10H19NO4S. The molecule has 16 heavy (non-hydrogen) atoms. The fourth-order valence-corrected chi connectivity index (χ4v) is 4.49. The van der Waals surface area contributed by atoms with E-state index in [9.17, 15) is 13.5 Å². The molecule has 1 aliphatic heterocycles. The highest BCUT2D eigenvalue weighted by atomic mass is 32.2. The molecule has 1 aliphatic carbocycles. The number of sulfone groups is 1. The van der Waals surface area contributed by atoms with Gasteiger partial charge in [0.15, 0.2) is 9.84 Å². The van der Waals surface area contributed by atoms with Gasteiger partial charge in [0.2, 0.25) is 0 Å². The number of hydrogen-bond acceptors (Lipinski definition) is 5. The fraction of sp³-hybridized carbons (Fsp3) is 1.00. The molecule has 6 heteroatoms. The molecule has 0 amide bonds. The topological polar surface area (TPSA) is 86.6 Å². The van der Waals surface area contributed by atoms with Crippen molar-refractivity contribution in [3.63, 3.8) is 0 Å². The first-order valence-corrected chi connectivity index (χ1v) is 7.59. The third kappa shape index (κ3) is 2.56. The molecule has 1 saturated carbocycles. The highest BCUT2D eigenvalue weighted by Crippen LogP contribution is 2.26. The van der Waals surface area contributed by atoms with Crippen LogP contribution in [0.1, 0.15) is 19.3 Å². The van der Waals surface area contributed by atoms with E-state index in [0.717, 1.165) is 19.3 Å². The Labute approximate surface area is 95.8 Å². The maximum absolute atomic E-state index is 11.3. The minimum absolute atomic E-state index is 0.0167. The van der Waals surface area contributed by atoms with Crippen LogP contribution in [0.5, 0.6) is 0 Å². The summed E-state index contributed by atoms with van der Waals surface area (Å²) in [6, 6.07) is -0.208. The van der Waals surface area contributed by atoms with Crippen molar-refractivity contribution in [2.45, 2.75) is 37.5 Å². The number of hydrogen-bond donors (Lipinski definition) is 3. The zero-order valence-corrected chi connectivity index (χ0v) is 9.99. The second-order valence-corrected chi connectivity index (χ2v) is 7.05. The monoisotopic (exact) mass is 249 g/mol. The highest BCUT2D eigenvalue weighted by Gasteiger charge is 2.39. The van der Waals surface area contributed by atoms with E-state index in [-0.39, 0.29) is 36.1 Å². The van der Waals surface area contributed by atoms with Crippen LogP contribution >= 0.6 is 0 Å². The lowest BCUT2D eigenvalue weighted by molar-refractivity contribution is 0.142. The summed E-state index contributed by atoms with van der Waals surface area (Å²) in [5.74, 6) is 0.0831. The molecule has 2 fully saturated rings. The van der Waals surface area contributed by atoms with Crippen molar-refractivity contribution in [1.29, 1.82) is 0 Å². The summed E-state index contributed by atoms with van der Waals surface area (Å²) in [6.07, 6.45) is 2.18. The van der Waals surface area contributed by atoms with Crippen molar-refractivity contribution in [3.05, 3.63) is 0 Å². The van der Waals surface area contributed by atoms with Gasteiger partial charge in [0.05, 0.1) is 17.6 Å². The third-order valence-electron chi connectivity index (χ3n) is 3.64. The van der Waals surface area contributed by atoms with Crippen molar-refractivity contribution in [2.24, 2.45) is 5.92 Å². The lowest BCUT2D eigenvalue weighted by atomic mass is 10.0. The quantitative estimate of drug-likeness (QED) is 0.591. The number of nitrogens with one attached hydrogen (secondary N) is 1. The van der Waals surface area contributed by atoms with Gasteiger partial charge in [0.25, 0.3) is 0 Å². The van der Waals surface area contributed by atoms with Crippen LogP contribution in [-0.2, 0) is 9.84 Å². The molecule has 94 valence electrons. The molecule has 4 unspecified atom stereocenters. The normalized spacial score (nSPS) is 42.6. The van der Waals surface area contributed by atoms with E-state index >= 15 is 0 Å². The molecule has 0 spiro atoms. The van der Waals surface area contributed by atoms with E-state index in [1.54, 1.807) is 0 Å². The molecule has 0 bridgehead atoms. The van der Waals surface area contributed by atoms with Gasteiger partial charge in [-0.15, -0.1) is 0 Å². The molecule has 0 aromatic carbocycles. The highest BCUT2D eigenvalue weighted by molar-refractivity contribution is 7.91. The third-order valence-corrected chi connectivity index (χ3v) is 5.36. The van der Waals surface area contributed by atoms with Crippen molar-refractivity contribution >= 4 is 9.84 Å². The van der Waals surface area contributed by atoms with Crippen LogP contribution in [0.25, 0.3) is 0 Å². The largest absolute Gasteiger partial charge is 0.396 e. The van der Waals surface area contributed by atoms with Crippen LogP contribution in [0, 0.1) is 5.92 Å². The zero-order chi connectivity index (χ0) is 11.8. The lowest BCUT2D eigenvalue weighted by Gasteiger charge is -2.24. The van der Waals surface area contributed by atoms with Gasteiger partial charge in [0.1, 0.15) is 0 Å². The predicted molar refractivity (Wildman–Crippen MR) is 59.8 cm³/mol. The van der Waals surface area contributed by atoms with Crippen LogP contribution in [0.15, 0.2) is 0 Å². The summed E-state index contributed by atoms with van der Waals surface area (Å²) < 4.78 is 22.7. The number of rotatable bonds is 3. The summed E-state index contributed by atoms with van der Waals surface area (Å²) in [5, 5.41) is 22.0. The molecule has 0 radical (unpaired) electrons. The molecule has 2 rings (SSSR count). The van der Waals surface area contributed by atoms with Crippen molar-refractivity contribution in [3.8, 4) is 0 Å². The molecule has 0 aromatic rings. The summed E-state index contributed by atoms with van der Waals surface area (Å²) in [6.45, 7) is 0.132. The molecule has 5 nitrogen and oxygen atoms in total. The Hall–Kier alpha value is -0.170. The van der Waals surface area contributed by atoms with E-state index in [2.05, 4.69) is 5.32 Å². The van der Waals surface area contributed by atoms with Crippen molar-refractivity contribution in [2.75, 3.05) is 18.1 Å². The number of aliphatic hydroxyl groups excluding tert-OH is 2. The first-order valence-electron chi connectivity index (χ1n) is 5.77. The Balaban J connectivity index is 1.95. The molecule has 3 N–H and O–H groups in total. The predicted octanol–water partition coefficient (Wildman–Crippen LogP) is -1.11. The van der Waals surface area contributed by atoms with Gasteiger partial charge in [-0.2, -0.15) is 0 Å². The summed E-state index contributed by atoms with van der Waals surface area (Å²) >= 11 is 0. The second-order valence-electron chi connectivity index (χ2n) is 4.90. The zero-order valence-electron chi connectivity index (χ0n) is 9.17. The van der Waals surface area contributed by atoms with E-state index < -0.39 is 15.9 Å². The van der Waals surface area contributed by atoms with E-state index in [0.29, 0.717) is 0 Å². The first-order chi connectivity index (χ1) is 7.52.